The molecule has 1 saturated heterocycles. The van der Waals surface area contributed by atoms with Gasteiger partial charge in [-0.15, -0.1) is 10.2 Å². The minimum Gasteiger partial charge on any atom is -0.341 e. The maximum atomic E-state index is 10.8. The first-order chi connectivity index (χ1) is 7.24. The second-order valence-corrected chi connectivity index (χ2v) is 4.13. The predicted molar refractivity (Wildman–Crippen MR) is 57.2 cm³/mol. The lowest BCUT2D eigenvalue weighted by Gasteiger charge is -2.19. The van der Waals surface area contributed by atoms with E-state index in [4.69, 9.17) is 0 Å². The number of nitrogens with zero attached hydrogens (tertiary/aromatic N) is 4. The minimum absolute atomic E-state index is 0.218. The highest BCUT2D eigenvalue weighted by Gasteiger charge is 2.21. The Kier molecular flexibility index (Phi) is 2.70. The molecule has 1 aromatic rings. The summed E-state index contributed by atoms with van der Waals surface area (Å²) in [6.45, 7) is 6.11. The molecule has 2 rings (SSSR count). The van der Waals surface area contributed by atoms with Gasteiger partial charge in [0.15, 0.2) is 12.1 Å². The Balaban J connectivity index is 2.37. The number of hydrogen-bond donors (Lipinski definition) is 0. The van der Waals surface area contributed by atoms with E-state index in [2.05, 4.69) is 15.1 Å². The van der Waals surface area contributed by atoms with E-state index in [1.165, 1.54) is 12.8 Å². The molecular weight excluding hydrogens is 192 g/mol. The summed E-state index contributed by atoms with van der Waals surface area (Å²) < 4.78 is 1.90. The fourth-order valence-corrected chi connectivity index (χ4v) is 2.00. The smallest absolute Gasteiger partial charge is 0.227 e. The van der Waals surface area contributed by atoms with E-state index in [9.17, 15) is 4.79 Å². The number of hydrogen-bond acceptors (Lipinski definition) is 4. The molecule has 0 atom stereocenters. The summed E-state index contributed by atoms with van der Waals surface area (Å²) in [5.41, 5.74) is 0. The lowest BCUT2D eigenvalue weighted by Crippen LogP contribution is -2.23. The van der Waals surface area contributed by atoms with Crippen LogP contribution in [0.3, 0.4) is 0 Å². The Labute approximate surface area is 89.1 Å². The second kappa shape index (κ2) is 4.00. The van der Waals surface area contributed by atoms with Crippen LogP contribution in [0.2, 0.25) is 0 Å². The molecule has 1 aromatic heterocycles. The van der Waals surface area contributed by atoms with Crippen LogP contribution in [-0.4, -0.2) is 34.1 Å². The van der Waals surface area contributed by atoms with Gasteiger partial charge in [-0.3, -0.25) is 9.36 Å². The number of rotatable bonds is 3. The van der Waals surface area contributed by atoms with E-state index in [0.29, 0.717) is 5.82 Å². The Morgan fingerprint density at radius 1 is 1.27 bits per heavy atom. The van der Waals surface area contributed by atoms with Crippen LogP contribution in [0, 0.1) is 0 Å². The highest BCUT2D eigenvalue weighted by Crippen LogP contribution is 2.22. The van der Waals surface area contributed by atoms with Crippen molar-refractivity contribution >= 4 is 12.2 Å². The van der Waals surface area contributed by atoms with Gasteiger partial charge in [0.2, 0.25) is 5.95 Å². The van der Waals surface area contributed by atoms with Crippen LogP contribution >= 0.6 is 0 Å². The summed E-state index contributed by atoms with van der Waals surface area (Å²) in [5, 5.41) is 8.00. The van der Waals surface area contributed by atoms with Gasteiger partial charge in [-0.25, -0.2) is 0 Å². The number of carbonyl (C=O) groups is 1. The zero-order valence-electron chi connectivity index (χ0n) is 9.18. The molecule has 0 N–H and O–H groups in total. The van der Waals surface area contributed by atoms with Crippen molar-refractivity contribution in [2.75, 3.05) is 18.0 Å². The van der Waals surface area contributed by atoms with Gasteiger partial charge in [0.1, 0.15) is 0 Å². The average molecular weight is 208 g/mol. The Morgan fingerprint density at radius 3 is 2.47 bits per heavy atom. The third kappa shape index (κ3) is 1.73. The topological polar surface area (TPSA) is 51.0 Å². The van der Waals surface area contributed by atoms with Gasteiger partial charge in [-0.2, -0.15) is 0 Å². The van der Waals surface area contributed by atoms with E-state index in [0.717, 1.165) is 25.3 Å². The molecule has 0 spiro atoms. The summed E-state index contributed by atoms with van der Waals surface area (Å²) in [4.78, 5) is 13.0. The van der Waals surface area contributed by atoms with Crippen molar-refractivity contribution in [1.29, 1.82) is 0 Å². The largest absolute Gasteiger partial charge is 0.341 e. The summed E-state index contributed by atoms with van der Waals surface area (Å²) in [7, 11) is 0. The number of anilines is 1. The van der Waals surface area contributed by atoms with Crippen LogP contribution in [0.15, 0.2) is 0 Å². The highest BCUT2D eigenvalue weighted by molar-refractivity contribution is 5.70. The number of carbonyl (C=O) groups excluding carboxylic acids is 1. The van der Waals surface area contributed by atoms with Crippen molar-refractivity contribution in [1.82, 2.24) is 14.8 Å². The minimum atomic E-state index is 0.218. The third-order valence-corrected chi connectivity index (χ3v) is 2.71. The highest BCUT2D eigenvalue weighted by atomic mass is 16.1. The van der Waals surface area contributed by atoms with Crippen LogP contribution in [0.25, 0.3) is 0 Å². The zero-order chi connectivity index (χ0) is 10.8. The monoisotopic (exact) mass is 208 g/mol. The molecule has 0 saturated carbocycles. The van der Waals surface area contributed by atoms with E-state index in [1.807, 2.05) is 18.4 Å². The first kappa shape index (κ1) is 10.1. The zero-order valence-corrected chi connectivity index (χ0v) is 9.18. The molecular formula is C10H16N4O. The van der Waals surface area contributed by atoms with Gasteiger partial charge in [-0.05, 0) is 26.7 Å². The number of aromatic nitrogens is 3. The molecule has 5 heteroatoms. The quantitative estimate of drug-likeness (QED) is 0.702. The molecule has 2 heterocycles. The number of aldehydes is 1. The van der Waals surface area contributed by atoms with E-state index in [1.54, 1.807) is 0 Å². The summed E-state index contributed by atoms with van der Waals surface area (Å²) in [6.07, 6.45) is 3.16. The van der Waals surface area contributed by atoms with Gasteiger partial charge < -0.3 is 4.90 Å². The van der Waals surface area contributed by atoms with Crippen molar-refractivity contribution in [2.24, 2.45) is 0 Å². The van der Waals surface area contributed by atoms with Crippen molar-refractivity contribution in [3.63, 3.8) is 0 Å². The van der Waals surface area contributed by atoms with Crippen molar-refractivity contribution in [3.8, 4) is 0 Å². The van der Waals surface area contributed by atoms with Crippen LogP contribution in [0.5, 0.6) is 0 Å². The van der Waals surface area contributed by atoms with Crippen LogP contribution in [0.4, 0.5) is 5.95 Å². The SMILES string of the molecule is CC(C)n1c(C=O)nnc1N1CCCC1. The molecule has 1 fully saturated rings. The van der Waals surface area contributed by atoms with Gasteiger partial charge in [0, 0.05) is 19.1 Å². The molecule has 15 heavy (non-hydrogen) atoms. The lowest BCUT2D eigenvalue weighted by molar-refractivity contribution is 0.110. The summed E-state index contributed by atoms with van der Waals surface area (Å²) >= 11 is 0. The molecule has 0 aliphatic carbocycles. The van der Waals surface area contributed by atoms with Crippen LogP contribution < -0.4 is 4.90 Å². The molecule has 1 aliphatic rings. The predicted octanol–water partition coefficient (Wildman–Crippen LogP) is 1.27. The fourth-order valence-electron chi connectivity index (χ4n) is 2.00. The molecule has 0 unspecified atom stereocenters. The molecule has 0 radical (unpaired) electrons. The fraction of sp³-hybridized carbons (Fsp3) is 0.700. The van der Waals surface area contributed by atoms with Crippen LogP contribution in [-0.2, 0) is 0 Å². The third-order valence-electron chi connectivity index (χ3n) is 2.71. The van der Waals surface area contributed by atoms with Crippen molar-refractivity contribution in [2.45, 2.75) is 32.7 Å². The average Bonchev–Trinajstić information content (AvgIpc) is 2.85. The maximum Gasteiger partial charge on any atom is 0.227 e. The van der Waals surface area contributed by atoms with E-state index >= 15 is 0 Å². The Hall–Kier alpha value is -1.39. The van der Waals surface area contributed by atoms with Gasteiger partial charge in [0.05, 0.1) is 0 Å². The van der Waals surface area contributed by atoms with Gasteiger partial charge in [0.25, 0.3) is 0 Å². The van der Waals surface area contributed by atoms with Gasteiger partial charge in [-0.1, -0.05) is 0 Å². The lowest BCUT2D eigenvalue weighted by atomic mass is 10.4. The summed E-state index contributed by atoms with van der Waals surface area (Å²) in [5.74, 6) is 1.26. The normalized spacial score (nSPS) is 16.3. The van der Waals surface area contributed by atoms with Crippen molar-refractivity contribution in [3.05, 3.63) is 5.82 Å². The Morgan fingerprint density at radius 2 is 1.93 bits per heavy atom. The molecule has 0 bridgehead atoms. The first-order valence-electron chi connectivity index (χ1n) is 5.39. The van der Waals surface area contributed by atoms with E-state index < -0.39 is 0 Å². The Bertz CT molecular complexity index is 352. The second-order valence-electron chi connectivity index (χ2n) is 4.13. The molecule has 5 nitrogen and oxygen atoms in total. The molecule has 82 valence electrons. The maximum absolute atomic E-state index is 10.8. The molecule has 0 aromatic carbocycles. The molecule has 0 amide bonds. The first-order valence-corrected chi connectivity index (χ1v) is 5.39. The van der Waals surface area contributed by atoms with Gasteiger partial charge >= 0.3 is 0 Å². The van der Waals surface area contributed by atoms with Crippen LogP contribution in [0.1, 0.15) is 43.3 Å². The standard InChI is InChI=1S/C10H16N4O/c1-8(2)14-9(7-15)11-12-10(14)13-5-3-4-6-13/h7-8H,3-6H2,1-2H3. The molecule has 1 aliphatic heterocycles. The summed E-state index contributed by atoms with van der Waals surface area (Å²) in [6, 6.07) is 0.218. The van der Waals surface area contributed by atoms with Crippen molar-refractivity contribution < 1.29 is 4.79 Å². The van der Waals surface area contributed by atoms with E-state index in [-0.39, 0.29) is 6.04 Å².